The lowest BCUT2D eigenvalue weighted by Gasteiger charge is -2.29. The Bertz CT molecular complexity index is 994. The van der Waals surface area contributed by atoms with E-state index in [2.05, 4.69) is 26.6 Å². The van der Waals surface area contributed by atoms with Crippen LogP contribution in [0.3, 0.4) is 0 Å². The van der Waals surface area contributed by atoms with Gasteiger partial charge in [0.05, 0.1) is 18.0 Å². The first-order chi connectivity index (χ1) is 14.0. The van der Waals surface area contributed by atoms with Crippen LogP contribution in [0.4, 0.5) is 13.2 Å². The zero-order valence-corrected chi connectivity index (χ0v) is 16.2. The van der Waals surface area contributed by atoms with Gasteiger partial charge in [-0.25, -0.2) is 4.98 Å². The second kappa shape index (κ2) is 7.15. The smallest absolute Gasteiger partial charge is 0.306 e. The van der Waals surface area contributed by atoms with Gasteiger partial charge in [0.1, 0.15) is 5.69 Å². The molecule has 2 saturated carbocycles. The van der Waals surface area contributed by atoms with E-state index in [0.29, 0.717) is 17.8 Å². The molecule has 3 nitrogen and oxygen atoms in total. The van der Waals surface area contributed by atoms with Crippen molar-refractivity contribution < 1.29 is 13.2 Å². The number of fused-ring (bicyclic) bond motifs is 1. The first kappa shape index (κ1) is 18.6. The number of imidazole rings is 1. The Labute approximate surface area is 168 Å². The average Bonchev–Trinajstić information content (AvgIpc) is 3.44. The van der Waals surface area contributed by atoms with Crippen LogP contribution in [0.1, 0.15) is 72.7 Å². The van der Waals surface area contributed by atoms with Gasteiger partial charge in [0.15, 0.2) is 0 Å². The number of nitrogens with zero attached hydrogens (tertiary/aromatic N) is 3. The quantitative estimate of drug-likeness (QED) is 0.527. The van der Waals surface area contributed by atoms with Crippen molar-refractivity contribution in [3.63, 3.8) is 0 Å². The van der Waals surface area contributed by atoms with Gasteiger partial charge in [-0.05, 0) is 91.5 Å². The number of aromatic nitrogens is 3. The van der Waals surface area contributed by atoms with Gasteiger partial charge in [0, 0.05) is 12.4 Å². The van der Waals surface area contributed by atoms with E-state index in [1.54, 1.807) is 6.07 Å². The summed E-state index contributed by atoms with van der Waals surface area (Å²) < 4.78 is 40.3. The third-order valence-corrected chi connectivity index (χ3v) is 6.64. The molecule has 2 aliphatic carbocycles. The van der Waals surface area contributed by atoms with Crippen molar-refractivity contribution in [2.45, 2.75) is 63.0 Å². The molecule has 0 atom stereocenters. The predicted molar refractivity (Wildman–Crippen MR) is 105 cm³/mol. The number of hydrogen-bond donors (Lipinski definition) is 0. The second-order valence-corrected chi connectivity index (χ2v) is 8.61. The van der Waals surface area contributed by atoms with Crippen LogP contribution >= 0.6 is 0 Å². The Kier molecular flexibility index (Phi) is 4.60. The molecule has 3 aromatic rings. The molecule has 2 aliphatic rings. The first-order valence-corrected chi connectivity index (χ1v) is 10.5. The zero-order chi connectivity index (χ0) is 20.0. The van der Waals surface area contributed by atoms with Crippen molar-refractivity contribution in [1.82, 2.24) is 14.4 Å². The minimum atomic E-state index is -4.37. The molecule has 0 N–H and O–H groups in total. The molecule has 2 fully saturated rings. The summed E-state index contributed by atoms with van der Waals surface area (Å²) in [6, 6.07) is 4.99. The fourth-order valence-electron chi connectivity index (χ4n) is 4.87. The van der Waals surface area contributed by atoms with Gasteiger partial charge in [0.25, 0.3) is 0 Å². The van der Waals surface area contributed by atoms with E-state index in [1.807, 2.05) is 12.5 Å². The standard InChI is InChI=1S/C23H24F3N3/c24-23(25,26)22-8-7-18(12-28-22)16-3-1-15(2-4-16)11-20-19(17-5-6-17)9-10-29-14-27-13-21(20)29/h7-10,12-17H,1-6,11H2. The summed E-state index contributed by atoms with van der Waals surface area (Å²) in [4.78, 5) is 7.97. The van der Waals surface area contributed by atoms with Crippen LogP contribution in [0.25, 0.3) is 5.52 Å². The molecule has 5 rings (SSSR count). The van der Waals surface area contributed by atoms with E-state index in [1.165, 1.54) is 35.7 Å². The molecule has 0 aromatic carbocycles. The highest BCUT2D eigenvalue weighted by Gasteiger charge is 2.33. The SMILES string of the molecule is FC(F)(F)c1ccc(C2CCC(Cc3c(C4CC4)ccn4cncc34)CC2)cn1. The van der Waals surface area contributed by atoms with Crippen LogP contribution < -0.4 is 0 Å². The summed E-state index contributed by atoms with van der Waals surface area (Å²) in [5.74, 6) is 1.64. The van der Waals surface area contributed by atoms with Crippen LogP contribution in [-0.4, -0.2) is 14.4 Å². The molecule has 0 aliphatic heterocycles. The molecule has 0 amide bonds. The van der Waals surface area contributed by atoms with E-state index >= 15 is 0 Å². The predicted octanol–water partition coefficient (Wildman–Crippen LogP) is 6.14. The van der Waals surface area contributed by atoms with E-state index in [0.717, 1.165) is 43.7 Å². The fraction of sp³-hybridized carbons (Fsp3) is 0.478. The van der Waals surface area contributed by atoms with Crippen molar-refractivity contribution in [3.05, 3.63) is 65.5 Å². The molecule has 0 spiro atoms. The number of halogens is 3. The Balaban J connectivity index is 1.28. The number of hydrogen-bond acceptors (Lipinski definition) is 2. The minimum absolute atomic E-state index is 0.315. The average molecular weight is 399 g/mol. The van der Waals surface area contributed by atoms with Gasteiger partial charge in [-0.1, -0.05) is 6.07 Å². The highest BCUT2D eigenvalue weighted by Crippen LogP contribution is 2.44. The van der Waals surface area contributed by atoms with Gasteiger partial charge in [-0.2, -0.15) is 13.2 Å². The van der Waals surface area contributed by atoms with Crippen molar-refractivity contribution >= 4 is 5.52 Å². The van der Waals surface area contributed by atoms with Crippen LogP contribution in [0.15, 0.2) is 43.1 Å². The molecule has 29 heavy (non-hydrogen) atoms. The van der Waals surface area contributed by atoms with E-state index in [4.69, 9.17) is 0 Å². The third-order valence-electron chi connectivity index (χ3n) is 6.64. The highest BCUT2D eigenvalue weighted by atomic mass is 19.4. The van der Waals surface area contributed by atoms with E-state index < -0.39 is 11.9 Å². The molecule has 0 radical (unpaired) electrons. The van der Waals surface area contributed by atoms with Crippen molar-refractivity contribution in [1.29, 1.82) is 0 Å². The molecule has 152 valence electrons. The highest BCUT2D eigenvalue weighted by molar-refractivity contribution is 5.58. The van der Waals surface area contributed by atoms with Crippen molar-refractivity contribution in [2.24, 2.45) is 5.92 Å². The second-order valence-electron chi connectivity index (χ2n) is 8.61. The number of pyridine rings is 2. The Morgan fingerprint density at radius 1 is 0.931 bits per heavy atom. The van der Waals surface area contributed by atoms with Crippen LogP contribution in [0, 0.1) is 5.92 Å². The Morgan fingerprint density at radius 3 is 2.34 bits per heavy atom. The minimum Gasteiger partial charge on any atom is -0.306 e. The fourth-order valence-corrected chi connectivity index (χ4v) is 4.87. The van der Waals surface area contributed by atoms with Gasteiger partial charge < -0.3 is 4.40 Å². The molecule has 0 saturated heterocycles. The molecular weight excluding hydrogens is 375 g/mol. The maximum atomic E-state index is 12.7. The normalized spacial score (nSPS) is 22.9. The third kappa shape index (κ3) is 3.77. The summed E-state index contributed by atoms with van der Waals surface area (Å²) in [7, 11) is 0. The number of alkyl halides is 3. The number of rotatable bonds is 4. The van der Waals surface area contributed by atoms with Gasteiger partial charge in [-0.3, -0.25) is 4.98 Å². The molecule has 6 heteroatoms. The molecule has 3 aromatic heterocycles. The summed E-state index contributed by atoms with van der Waals surface area (Å²) in [5.41, 5.74) is 4.30. The maximum Gasteiger partial charge on any atom is 0.433 e. The summed E-state index contributed by atoms with van der Waals surface area (Å²) in [6.45, 7) is 0. The zero-order valence-electron chi connectivity index (χ0n) is 16.2. The van der Waals surface area contributed by atoms with E-state index in [-0.39, 0.29) is 0 Å². The summed E-state index contributed by atoms with van der Waals surface area (Å²) >= 11 is 0. The van der Waals surface area contributed by atoms with E-state index in [9.17, 15) is 13.2 Å². The van der Waals surface area contributed by atoms with Crippen LogP contribution in [0.5, 0.6) is 0 Å². The van der Waals surface area contributed by atoms with Crippen molar-refractivity contribution in [2.75, 3.05) is 0 Å². The Morgan fingerprint density at radius 2 is 1.69 bits per heavy atom. The van der Waals surface area contributed by atoms with Crippen LogP contribution in [0.2, 0.25) is 0 Å². The van der Waals surface area contributed by atoms with Crippen molar-refractivity contribution in [3.8, 4) is 0 Å². The van der Waals surface area contributed by atoms with Crippen LogP contribution in [-0.2, 0) is 12.6 Å². The first-order valence-electron chi connectivity index (χ1n) is 10.5. The molecule has 3 heterocycles. The van der Waals surface area contributed by atoms with Gasteiger partial charge >= 0.3 is 6.18 Å². The monoisotopic (exact) mass is 399 g/mol. The van der Waals surface area contributed by atoms with Gasteiger partial charge in [-0.15, -0.1) is 0 Å². The lowest BCUT2D eigenvalue weighted by Crippen LogP contribution is -2.17. The Hall–Kier alpha value is -2.37. The maximum absolute atomic E-state index is 12.7. The lowest BCUT2D eigenvalue weighted by atomic mass is 9.76. The summed E-state index contributed by atoms with van der Waals surface area (Å²) in [5, 5.41) is 0. The topological polar surface area (TPSA) is 30.2 Å². The largest absolute Gasteiger partial charge is 0.433 e. The molecule has 0 bridgehead atoms. The van der Waals surface area contributed by atoms with Gasteiger partial charge in [0.2, 0.25) is 0 Å². The summed E-state index contributed by atoms with van der Waals surface area (Å²) in [6.07, 6.45) is 10.9. The molecule has 0 unspecified atom stereocenters. The lowest BCUT2D eigenvalue weighted by molar-refractivity contribution is -0.141. The molecular formula is C23H24F3N3.